The van der Waals surface area contributed by atoms with Crippen LogP contribution in [0.2, 0.25) is 0 Å². The molecule has 0 bridgehead atoms. The van der Waals surface area contributed by atoms with Gasteiger partial charge in [-0.2, -0.15) is 0 Å². The van der Waals surface area contributed by atoms with Crippen LogP contribution in [-0.2, 0) is 21.2 Å². The van der Waals surface area contributed by atoms with Crippen LogP contribution in [0.5, 0.6) is 0 Å². The molecule has 0 aromatic carbocycles. The number of aromatic nitrogens is 1. The molecule has 0 aliphatic carbocycles. The number of rotatable bonds is 7. The van der Waals surface area contributed by atoms with Crippen LogP contribution in [0.25, 0.3) is 0 Å². The van der Waals surface area contributed by atoms with Crippen molar-refractivity contribution in [3.05, 3.63) is 30.1 Å². The average Bonchev–Trinajstić information content (AvgIpc) is 2.36. The normalized spacial score (nSPS) is 13.1. The van der Waals surface area contributed by atoms with E-state index in [2.05, 4.69) is 9.71 Å². The van der Waals surface area contributed by atoms with E-state index in [0.29, 0.717) is 5.69 Å². The molecule has 0 radical (unpaired) electrons. The molecule has 0 fully saturated rings. The van der Waals surface area contributed by atoms with E-state index in [1.54, 1.807) is 38.2 Å². The predicted octanol–water partition coefficient (Wildman–Crippen LogP) is 1.43. The first-order valence-corrected chi connectivity index (χ1v) is 8.28. The first-order valence-electron chi connectivity index (χ1n) is 6.63. The largest absolute Gasteiger partial charge is 0.481 e. The molecule has 21 heavy (non-hydrogen) atoms. The highest BCUT2D eigenvalue weighted by atomic mass is 32.2. The van der Waals surface area contributed by atoms with Gasteiger partial charge >= 0.3 is 5.97 Å². The number of carbonyl (C=O) groups is 1. The molecule has 0 aliphatic rings. The van der Waals surface area contributed by atoms with Crippen molar-refractivity contribution < 1.29 is 18.3 Å². The minimum atomic E-state index is -3.61. The summed E-state index contributed by atoms with van der Waals surface area (Å²) in [5.41, 5.74) is -1.66. The molecule has 0 atom stereocenters. The van der Waals surface area contributed by atoms with E-state index in [1.165, 1.54) is 13.8 Å². The van der Waals surface area contributed by atoms with Crippen molar-refractivity contribution in [2.75, 3.05) is 5.75 Å². The number of hydrogen-bond donors (Lipinski definition) is 2. The molecule has 2 N–H and O–H groups in total. The molecule has 0 unspecified atom stereocenters. The van der Waals surface area contributed by atoms with Crippen LogP contribution in [-0.4, -0.2) is 35.8 Å². The zero-order valence-corrected chi connectivity index (χ0v) is 13.6. The number of carboxylic acid groups (broad SMARTS) is 1. The van der Waals surface area contributed by atoms with Crippen molar-refractivity contribution in [2.24, 2.45) is 5.41 Å². The van der Waals surface area contributed by atoms with E-state index < -0.39 is 26.9 Å². The Morgan fingerprint density at radius 3 is 2.38 bits per heavy atom. The third-order valence-corrected chi connectivity index (χ3v) is 5.42. The summed E-state index contributed by atoms with van der Waals surface area (Å²) in [6.07, 6.45) is 1.88. The zero-order chi connectivity index (χ0) is 16.3. The Morgan fingerprint density at radius 1 is 1.29 bits per heavy atom. The summed E-state index contributed by atoms with van der Waals surface area (Å²) in [5, 5.41) is 9.24. The van der Waals surface area contributed by atoms with Crippen molar-refractivity contribution in [1.82, 2.24) is 9.71 Å². The van der Waals surface area contributed by atoms with E-state index >= 15 is 0 Å². The van der Waals surface area contributed by atoms with Crippen LogP contribution in [0.4, 0.5) is 0 Å². The van der Waals surface area contributed by atoms with Gasteiger partial charge in [-0.05, 0) is 39.8 Å². The van der Waals surface area contributed by atoms with Crippen molar-refractivity contribution in [3.63, 3.8) is 0 Å². The Labute approximate surface area is 125 Å². The number of nitrogens with one attached hydrogen (secondary N) is 1. The number of aliphatic carboxylic acids is 1. The summed E-state index contributed by atoms with van der Waals surface area (Å²) < 4.78 is 26.8. The lowest BCUT2D eigenvalue weighted by atomic mass is 9.75. The Kier molecular flexibility index (Phi) is 5.11. The number of hydrogen-bond acceptors (Lipinski definition) is 4. The molecule has 0 amide bonds. The summed E-state index contributed by atoms with van der Waals surface area (Å²) in [4.78, 5) is 15.4. The van der Waals surface area contributed by atoms with Crippen LogP contribution in [0, 0.1) is 5.41 Å². The van der Waals surface area contributed by atoms with Crippen LogP contribution in [0.1, 0.15) is 33.4 Å². The van der Waals surface area contributed by atoms with Gasteiger partial charge in [-0.25, -0.2) is 13.1 Å². The van der Waals surface area contributed by atoms with Crippen LogP contribution in [0.15, 0.2) is 24.4 Å². The average molecular weight is 314 g/mol. The van der Waals surface area contributed by atoms with Gasteiger partial charge in [0.15, 0.2) is 0 Å². The molecule has 6 nitrogen and oxygen atoms in total. The lowest BCUT2D eigenvalue weighted by Gasteiger charge is -2.38. The molecule has 1 rings (SSSR count). The molecular formula is C14H22N2O4S. The van der Waals surface area contributed by atoms with Crippen molar-refractivity contribution in [1.29, 1.82) is 0 Å². The lowest BCUT2D eigenvalue weighted by Crippen LogP contribution is -2.57. The zero-order valence-electron chi connectivity index (χ0n) is 12.8. The molecular weight excluding hydrogens is 292 g/mol. The molecule has 0 aliphatic heterocycles. The second-order valence-corrected chi connectivity index (χ2v) is 7.89. The van der Waals surface area contributed by atoms with Crippen LogP contribution < -0.4 is 4.72 Å². The van der Waals surface area contributed by atoms with Gasteiger partial charge in [0.25, 0.3) is 0 Å². The number of pyridine rings is 1. The van der Waals surface area contributed by atoms with Gasteiger partial charge in [0, 0.05) is 23.9 Å². The number of carboxylic acids is 1. The maximum absolute atomic E-state index is 12.2. The Morgan fingerprint density at radius 2 is 1.90 bits per heavy atom. The minimum absolute atomic E-state index is 0.136. The number of nitrogens with zero attached hydrogens (tertiary/aromatic N) is 1. The lowest BCUT2D eigenvalue weighted by molar-refractivity contribution is -0.150. The number of sulfonamides is 1. The van der Waals surface area contributed by atoms with Crippen molar-refractivity contribution >= 4 is 16.0 Å². The highest BCUT2D eigenvalue weighted by Crippen LogP contribution is 2.31. The van der Waals surface area contributed by atoms with Gasteiger partial charge < -0.3 is 5.11 Å². The maximum Gasteiger partial charge on any atom is 0.310 e. The topological polar surface area (TPSA) is 96.4 Å². The molecule has 0 spiro atoms. The SMILES string of the molecule is CC(C)(NS(=O)(=O)CCc1ccccn1)C(C)(C)C(=O)O. The molecule has 0 saturated carbocycles. The standard InChI is InChI=1S/C14H22N2O4S/c1-13(2,12(17)18)14(3,4)16-21(19,20)10-8-11-7-5-6-9-15-11/h5-7,9,16H,8,10H2,1-4H3,(H,17,18). The minimum Gasteiger partial charge on any atom is -0.481 e. The first kappa shape index (κ1) is 17.6. The highest BCUT2D eigenvalue weighted by Gasteiger charge is 2.45. The quantitative estimate of drug-likeness (QED) is 0.793. The Balaban J connectivity index is 2.78. The van der Waals surface area contributed by atoms with E-state index in [1.807, 2.05) is 0 Å². The molecule has 1 aromatic heterocycles. The van der Waals surface area contributed by atoms with E-state index in [4.69, 9.17) is 0 Å². The van der Waals surface area contributed by atoms with E-state index in [9.17, 15) is 18.3 Å². The Hall–Kier alpha value is -1.47. The van der Waals surface area contributed by atoms with Crippen molar-refractivity contribution in [3.8, 4) is 0 Å². The molecule has 7 heteroatoms. The fourth-order valence-electron chi connectivity index (χ4n) is 1.62. The molecule has 1 heterocycles. The van der Waals surface area contributed by atoms with Gasteiger partial charge in [0.2, 0.25) is 10.0 Å². The van der Waals surface area contributed by atoms with Gasteiger partial charge in [0.05, 0.1) is 11.2 Å². The van der Waals surface area contributed by atoms with Gasteiger partial charge in [-0.1, -0.05) is 6.07 Å². The monoisotopic (exact) mass is 314 g/mol. The molecule has 0 saturated heterocycles. The fourth-order valence-corrected chi connectivity index (χ4v) is 3.23. The first-order chi connectivity index (χ1) is 9.48. The Bertz CT molecular complexity index is 595. The maximum atomic E-state index is 12.2. The summed E-state index contributed by atoms with van der Waals surface area (Å²) in [6.45, 7) is 6.13. The van der Waals surface area contributed by atoms with Crippen molar-refractivity contribution in [2.45, 2.75) is 39.7 Å². The molecule has 118 valence electrons. The summed E-state index contributed by atoms with van der Waals surface area (Å²) in [5.74, 6) is -1.19. The van der Waals surface area contributed by atoms with Crippen LogP contribution >= 0.6 is 0 Å². The second-order valence-electron chi connectivity index (χ2n) is 6.05. The third-order valence-electron chi connectivity index (χ3n) is 3.86. The smallest absolute Gasteiger partial charge is 0.310 e. The van der Waals surface area contributed by atoms with Gasteiger partial charge in [-0.15, -0.1) is 0 Å². The third kappa shape index (κ3) is 4.50. The summed E-state index contributed by atoms with van der Waals surface area (Å²) in [6, 6.07) is 5.30. The number of aryl methyl sites for hydroxylation is 1. The van der Waals surface area contributed by atoms with E-state index in [-0.39, 0.29) is 12.2 Å². The van der Waals surface area contributed by atoms with Gasteiger partial charge in [0.1, 0.15) is 0 Å². The highest BCUT2D eigenvalue weighted by molar-refractivity contribution is 7.89. The predicted molar refractivity (Wildman–Crippen MR) is 80.4 cm³/mol. The van der Waals surface area contributed by atoms with Crippen LogP contribution in [0.3, 0.4) is 0 Å². The molecule has 1 aromatic rings. The summed E-state index contributed by atoms with van der Waals surface area (Å²) >= 11 is 0. The fraction of sp³-hybridized carbons (Fsp3) is 0.571. The second kappa shape index (κ2) is 6.11. The summed E-state index contributed by atoms with van der Waals surface area (Å²) in [7, 11) is -3.61. The van der Waals surface area contributed by atoms with Gasteiger partial charge in [-0.3, -0.25) is 9.78 Å². The van der Waals surface area contributed by atoms with E-state index in [0.717, 1.165) is 0 Å².